The van der Waals surface area contributed by atoms with Crippen LogP contribution >= 0.6 is 0 Å². The lowest BCUT2D eigenvalue weighted by atomic mass is 9.33. The van der Waals surface area contributed by atoms with Gasteiger partial charge in [-0.05, 0) is 157 Å². The third kappa shape index (κ3) is 6.81. The topological polar surface area (TPSA) is 38.1 Å². The van der Waals surface area contributed by atoms with Crippen molar-refractivity contribution in [3.8, 4) is 45.1 Å². The lowest BCUT2D eigenvalue weighted by molar-refractivity contribution is 0.297. The fraction of sp³-hybridized carbons (Fsp3) is 0.231. The van der Waals surface area contributed by atoms with E-state index in [9.17, 15) is 0 Å². The van der Waals surface area contributed by atoms with Crippen molar-refractivity contribution in [3.63, 3.8) is 0 Å². The summed E-state index contributed by atoms with van der Waals surface area (Å²) in [5.41, 5.74) is 23.5. The van der Waals surface area contributed by atoms with Gasteiger partial charge in [0.15, 0.2) is 11.5 Å². The number of aryl methyl sites for hydroxylation is 1. The molecule has 0 bridgehead atoms. The lowest BCUT2D eigenvalue weighted by Crippen LogP contribution is -2.61. The Labute approximate surface area is 418 Å². The van der Waals surface area contributed by atoms with Gasteiger partial charge >= 0.3 is 0 Å². The Kier molecular flexibility index (Phi) is 9.53. The van der Waals surface area contributed by atoms with E-state index < -0.39 is 0 Å². The summed E-state index contributed by atoms with van der Waals surface area (Å²) >= 11 is 0. The molecule has 6 heteroatoms. The monoisotopic (exact) mass is 926 g/mol. The molecule has 4 heterocycles. The molecule has 71 heavy (non-hydrogen) atoms. The number of fused-ring (bicyclic) bond motifs is 10. The molecule has 1 aromatic heterocycles. The minimum atomic E-state index is -0.141. The van der Waals surface area contributed by atoms with Crippen LogP contribution in [0.4, 0.5) is 34.1 Å². The molecular formula is C65H59BN2O3. The predicted octanol–water partition coefficient (Wildman–Crippen LogP) is 15.2. The number of anilines is 6. The van der Waals surface area contributed by atoms with Crippen molar-refractivity contribution in [2.75, 3.05) is 23.0 Å². The van der Waals surface area contributed by atoms with Crippen molar-refractivity contribution in [3.05, 3.63) is 186 Å². The fourth-order valence-electron chi connectivity index (χ4n) is 12.0. The minimum Gasteiger partial charge on any atom is -0.489 e. The van der Waals surface area contributed by atoms with Crippen molar-refractivity contribution in [1.82, 2.24) is 0 Å². The SMILES string of the molecule is Cc1cc2c3c(c1)N(c1ccc(C(C)(C)C)cc1)c1c(ccc4c1OCCCO4)B3c1cc(C(C)(C)C)ccc1N2c1cc(-c2ccc3c(c2)C(C)(C)c2ccccc2-3)cc(-c2cc3ccccc3o2)c1. The number of nitrogens with zero attached hydrogens (tertiary/aromatic N) is 2. The summed E-state index contributed by atoms with van der Waals surface area (Å²) in [6, 6.07) is 59.2. The van der Waals surface area contributed by atoms with Crippen molar-refractivity contribution >= 4 is 68.2 Å². The standard InChI is InChI=1S/C65H59BN2O3/c1-39-31-55-60-56(32-39)68(46-23-20-44(21-24-46)63(2,3)4)61-52(26-28-58-62(61)70-30-14-29-69-58)66(60)53-38-45(64(5,6)7)22-27-54(53)67(55)47-34-42(33-43(35-47)59-37-41-15-10-13-18-57(41)71-59)40-19-25-49-48-16-11-12-17-50(48)65(8,9)51(49)36-40/h10-13,15-28,31-38H,14,29-30H2,1-9H3. The van der Waals surface area contributed by atoms with Crippen LogP contribution in [0.25, 0.3) is 44.5 Å². The normalized spacial score (nSPS) is 15.2. The van der Waals surface area contributed by atoms with Gasteiger partial charge in [0.1, 0.15) is 11.3 Å². The van der Waals surface area contributed by atoms with E-state index in [1.807, 2.05) is 6.07 Å². The molecule has 9 aromatic rings. The van der Waals surface area contributed by atoms with E-state index in [2.05, 4.69) is 224 Å². The van der Waals surface area contributed by atoms with Crippen LogP contribution in [0.15, 0.2) is 162 Å². The molecule has 0 amide bonds. The molecule has 8 aromatic carbocycles. The maximum Gasteiger partial charge on any atom is 0.252 e. The highest BCUT2D eigenvalue weighted by Crippen LogP contribution is 2.53. The number of hydrogen-bond acceptors (Lipinski definition) is 5. The van der Waals surface area contributed by atoms with Gasteiger partial charge in [-0.1, -0.05) is 140 Å². The van der Waals surface area contributed by atoms with Crippen LogP contribution in [0.1, 0.15) is 89.6 Å². The van der Waals surface area contributed by atoms with Crippen LogP contribution in [-0.4, -0.2) is 19.9 Å². The largest absolute Gasteiger partial charge is 0.489 e. The summed E-state index contributed by atoms with van der Waals surface area (Å²) in [5, 5.41) is 1.08. The molecule has 0 N–H and O–H groups in total. The second-order valence-corrected chi connectivity index (χ2v) is 22.9. The van der Waals surface area contributed by atoms with Crippen molar-refractivity contribution < 1.29 is 13.9 Å². The van der Waals surface area contributed by atoms with Crippen LogP contribution < -0.4 is 35.7 Å². The molecule has 350 valence electrons. The first-order valence-corrected chi connectivity index (χ1v) is 25.4. The fourth-order valence-corrected chi connectivity index (χ4v) is 12.0. The molecule has 4 aliphatic rings. The summed E-state index contributed by atoms with van der Waals surface area (Å²) in [6.07, 6.45) is 0.825. The highest BCUT2D eigenvalue weighted by atomic mass is 16.5. The molecule has 0 radical (unpaired) electrons. The van der Waals surface area contributed by atoms with Gasteiger partial charge in [0, 0.05) is 51.2 Å². The van der Waals surface area contributed by atoms with Crippen LogP contribution in [0.3, 0.4) is 0 Å². The first kappa shape index (κ1) is 43.6. The van der Waals surface area contributed by atoms with Crippen LogP contribution in [0.5, 0.6) is 11.5 Å². The smallest absolute Gasteiger partial charge is 0.252 e. The number of rotatable bonds is 4. The number of benzene rings is 8. The van der Waals surface area contributed by atoms with Gasteiger partial charge < -0.3 is 23.7 Å². The average Bonchev–Trinajstić information content (AvgIpc) is 3.78. The number of para-hydroxylation sites is 1. The second kappa shape index (κ2) is 15.5. The first-order valence-electron chi connectivity index (χ1n) is 25.4. The maximum absolute atomic E-state index is 6.82. The van der Waals surface area contributed by atoms with Gasteiger partial charge in [0.05, 0.1) is 18.9 Å². The lowest BCUT2D eigenvalue weighted by Gasteiger charge is -2.45. The first-order chi connectivity index (χ1) is 34.1. The maximum atomic E-state index is 6.82. The molecule has 0 unspecified atom stereocenters. The third-order valence-electron chi connectivity index (χ3n) is 15.7. The second-order valence-electron chi connectivity index (χ2n) is 22.9. The molecule has 1 aliphatic carbocycles. The molecule has 5 nitrogen and oxygen atoms in total. The molecule has 0 fully saturated rings. The van der Waals surface area contributed by atoms with Crippen LogP contribution in [0, 0.1) is 6.92 Å². The molecule has 13 rings (SSSR count). The zero-order valence-corrected chi connectivity index (χ0v) is 42.3. The van der Waals surface area contributed by atoms with E-state index in [0.29, 0.717) is 13.2 Å². The Bertz CT molecular complexity index is 3630. The van der Waals surface area contributed by atoms with Gasteiger partial charge in [-0.2, -0.15) is 0 Å². The molecule has 0 atom stereocenters. The summed E-state index contributed by atoms with van der Waals surface area (Å²) in [6.45, 7) is 21.9. The van der Waals surface area contributed by atoms with E-state index in [4.69, 9.17) is 13.9 Å². The third-order valence-corrected chi connectivity index (χ3v) is 15.7. The highest BCUT2D eigenvalue weighted by molar-refractivity contribution is 7.00. The quantitative estimate of drug-likeness (QED) is 0.164. The Morgan fingerprint density at radius 3 is 2.03 bits per heavy atom. The zero-order valence-electron chi connectivity index (χ0n) is 42.3. The van der Waals surface area contributed by atoms with Gasteiger partial charge in [-0.3, -0.25) is 0 Å². The van der Waals surface area contributed by atoms with E-state index in [0.717, 1.165) is 79.9 Å². The zero-order chi connectivity index (χ0) is 48.7. The summed E-state index contributed by atoms with van der Waals surface area (Å²) < 4.78 is 20.1. The summed E-state index contributed by atoms with van der Waals surface area (Å²) in [7, 11) is 0. The van der Waals surface area contributed by atoms with E-state index >= 15 is 0 Å². The Morgan fingerprint density at radius 1 is 0.535 bits per heavy atom. The van der Waals surface area contributed by atoms with Gasteiger partial charge in [0.25, 0.3) is 6.71 Å². The summed E-state index contributed by atoms with van der Waals surface area (Å²) in [5.74, 6) is 2.45. The van der Waals surface area contributed by atoms with Crippen molar-refractivity contribution in [1.29, 1.82) is 0 Å². The van der Waals surface area contributed by atoms with Gasteiger partial charge in [0.2, 0.25) is 0 Å². The molecular weight excluding hydrogens is 868 g/mol. The molecule has 3 aliphatic heterocycles. The highest BCUT2D eigenvalue weighted by Gasteiger charge is 2.46. The van der Waals surface area contributed by atoms with E-state index in [1.54, 1.807) is 0 Å². The minimum absolute atomic E-state index is 0.00565. The summed E-state index contributed by atoms with van der Waals surface area (Å²) in [4.78, 5) is 5.01. The van der Waals surface area contributed by atoms with Gasteiger partial charge in [-0.25, -0.2) is 0 Å². The van der Waals surface area contributed by atoms with Gasteiger partial charge in [-0.15, -0.1) is 0 Å². The number of ether oxygens (including phenoxy) is 2. The van der Waals surface area contributed by atoms with Crippen LogP contribution in [-0.2, 0) is 16.2 Å². The average molecular weight is 927 g/mol. The molecule has 0 saturated heterocycles. The molecule has 0 spiro atoms. The predicted molar refractivity (Wildman–Crippen MR) is 296 cm³/mol. The van der Waals surface area contributed by atoms with Crippen LogP contribution in [0.2, 0.25) is 0 Å². The number of furan rings is 1. The van der Waals surface area contributed by atoms with Crippen molar-refractivity contribution in [2.24, 2.45) is 0 Å². The Hall–Kier alpha value is -7.44. The van der Waals surface area contributed by atoms with E-state index in [-0.39, 0.29) is 23.0 Å². The Morgan fingerprint density at radius 2 is 1.24 bits per heavy atom. The van der Waals surface area contributed by atoms with Crippen molar-refractivity contribution in [2.45, 2.75) is 85.0 Å². The number of hydrogen-bond donors (Lipinski definition) is 0. The molecule has 0 saturated carbocycles. The Balaban J connectivity index is 1.09. The van der Waals surface area contributed by atoms with E-state index in [1.165, 1.54) is 60.9 Å².